The molecule has 2 aromatic rings. The van der Waals surface area contributed by atoms with Gasteiger partial charge in [0.15, 0.2) is 0 Å². The summed E-state index contributed by atoms with van der Waals surface area (Å²) in [6.07, 6.45) is 2.52. The highest BCUT2D eigenvalue weighted by molar-refractivity contribution is 6.07. The molecular weight excluding hydrogens is 321 g/mol. The Kier molecular flexibility index (Phi) is 3.80. The molecule has 0 bridgehead atoms. The van der Waals surface area contributed by atoms with Gasteiger partial charge in [0.05, 0.1) is 24.0 Å². The minimum Gasteiger partial charge on any atom is -0.384 e. The Labute approximate surface area is 145 Å². The van der Waals surface area contributed by atoms with Crippen LogP contribution in [0, 0.1) is 12.7 Å². The standard InChI is InChI=1S/C18H20FN5O/c1-11-3-2-4-14(19)17(11)23-10-12-8-22-16(20)7-15(12)24(18(23)25)13-5-6-21-9-13/h2-4,7-8,13,21H,5-6,9-10H2,1H3,(H2,20,22)/t13-/m1/s1. The third-order valence-corrected chi connectivity index (χ3v) is 4.87. The van der Waals surface area contributed by atoms with Crippen molar-refractivity contribution in [2.24, 2.45) is 0 Å². The normalized spacial score (nSPS) is 20.1. The van der Waals surface area contributed by atoms with Gasteiger partial charge in [0, 0.05) is 24.4 Å². The second-order valence-corrected chi connectivity index (χ2v) is 6.53. The lowest BCUT2D eigenvalue weighted by Gasteiger charge is -2.40. The molecule has 130 valence electrons. The minimum absolute atomic E-state index is 0.0166. The number of nitrogens with two attached hydrogens (primary N) is 1. The number of carbonyl (C=O) groups is 1. The molecule has 4 rings (SSSR count). The van der Waals surface area contributed by atoms with Gasteiger partial charge in [-0.3, -0.25) is 9.80 Å². The molecule has 0 saturated carbocycles. The molecule has 25 heavy (non-hydrogen) atoms. The molecular formula is C18H20FN5O. The molecule has 0 spiro atoms. The van der Waals surface area contributed by atoms with Gasteiger partial charge in [0.25, 0.3) is 0 Å². The van der Waals surface area contributed by atoms with Crippen molar-refractivity contribution in [2.45, 2.75) is 25.9 Å². The first-order valence-corrected chi connectivity index (χ1v) is 8.37. The Morgan fingerprint density at radius 1 is 1.40 bits per heavy atom. The number of para-hydroxylation sites is 1. The summed E-state index contributed by atoms with van der Waals surface area (Å²) < 4.78 is 14.5. The van der Waals surface area contributed by atoms with Crippen LogP contribution >= 0.6 is 0 Å². The molecule has 0 unspecified atom stereocenters. The van der Waals surface area contributed by atoms with E-state index in [0.717, 1.165) is 29.8 Å². The van der Waals surface area contributed by atoms with Gasteiger partial charge in [-0.2, -0.15) is 0 Å². The largest absolute Gasteiger partial charge is 0.384 e. The van der Waals surface area contributed by atoms with Crippen molar-refractivity contribution in [1.29, 1.82) is 0 Å². The van der Waals surface area contributed by atoms with Crippen LogP contribution in [0.3, 0.4) is 0 Å². The number of hydrogen-bond acceptors (Lipinski definition) is 4. The van der Waals surface area contributed by atoms with Crippen LogP contribution in [0.4, 0.5) is 26.4 Å². The molecule has 1 fully saturated rings. The average Bonchev–Trinajstić information content (AvgIpc) is 3.09. The van der Waals surface area contributed by atoms with E-state index >= 15 is 0 Å². The van der Waals surface area contributed by atoms with Crippen LogP contribution in [0.1, 0.15) is 17.5 Å². The first-order chi connectivity index (χ1) is 12.1. The maximum atomic E-state index is 14.5. The lowest BCUT2D eigenvalue weighted by atomic mass is 10.1. The zero-order valence-electron chi connectivity index (χ0n) is 14.0. The van der Waals surface area contributed by atoms with Gasteiger partial charge in [-0.05, 0) is 31.5 Å². The highest BCUT2D eigenvalue weighted by Crippen LogP contribution is 2.36. The number of nitrogens with one attached hydrogen (secondary N) is 1. The first-order valence-electron chi connectivity index (χ1n) is 8.37. The number of nitrogen functional groups attached to an aromatic ring is 1. The van der Waals surface area contributed by atoms with Crippen molar-refractivity contribution in [3.05, 3.63) is 47.4 Å². The van der Waals surface area contributed by atoms with E-state index in [4.69, 9.17) is 5.73 Å². The number of aryl methyl sites for hydroxylation is 1. The van der Waals surface area contributed by atoms with Gasteiger partial charge in [0.2, 0.25) is 0 Å². The van der Waals surface area contributed by atoms with E-state index in [1.54, 1.807) is 23.2 Å². The second kappa shape index (κ2) is 6.00. The predicted octanol–water partition coefficient (Wildman–Crippen LogP) is 2.42. The molecule has 1 aromatic heterocycles. The molecule has 3 heterocycles. The van der Waals surface area contributed by atoms with Gasteiger partial charge < -0.3 is 11.1 Å². The van der Waals surface area contributed by atoms with Crippen molar-refractivity contribution in [1.82, 2.24) is 10.3 Å². The van der Waals surface area contributed by atoms with Crippen molar-refractivity contribution in [3.63, 3.8) is 0 Å². The monoisotopic (exact) mass is 341 g/mol. The lowest BCUT2D eigenvalue weighted by Crippen LogP contribution is -2.53. The maximum absolute atomic E-state index is 14.5. The molecule has 6 nitrogen and oxygen atoms in total. The van der Waals surface area contributed by atoms with E-state index in [0.29, 0.717) is 18.1 Å². The van der Waals surface area contributed by atoms with Crippen LogP contribution in [0.2, 0.25) is 0 Å². The number of amides is 2. The molecule has 3 N–H and O–H groups in total. The van der Waals surface area contributed by atoms with Crippen molar-refractivity contribution < 1.29 is 9.18 Å². The molecule has 0 aliphatic carbocycles. The molecule has 0 radical (unpaired) electrons. The summed E-state index contributed by atoms with van der Waals surface area (Å²) in [7, 11) is 0. The smallest absolute Gasteiger partial charge is 0.329 e. The number of pyridine rings is 1. The van der Waals surface area contributed by atoms with Gasteiger partial charge in [-0.1, -0.05) is 12.1 Å². The quantitative estimate of drug-likeness (QED) is 0.880. The van der Waals surface area contributed by atoms with Crippen LogP contribution in [0.5, 0.6) is 0 Å². The SMILES string of the molecule is Cc1cccc(F)c1N1Cc2cnc(N)cc2N([C@@H]2CCNC2)C1=O. The molecule has 2 amide bonds. The number of anilines is 3. The fourth-order valence-electron chi connectivity index (χ4n) is 3.66. The lowest BCUT2D eigenvalue weighted by molar-refractivity contribution is 0.248. The highest BCUT2D eigenvalue weighted by atomic mass is 19.1. The van der Waals surface area contributed by atoms with Crippen LogP contribution in [0.25, 0.3) is 0 Å². The fourth-order valence-corrected chi connectivity index (χ4v) is 3.66. The molecule has 1 atom stereocenters. The van der Waals surface area contributed by atoms with E-state index in [9.17, 15) is 9.18 Å². The third kappa shape index (κ3) is 2.60. The number of benzene rings is 1. The van der Waals surface area contributed by atoms with Gasteiger partial charge in [-0.25, -0.2) is 14.2 Å². The third-order valence-electron chi connectivity index (χ3n) is 4.87. The Morgan fingerprint density at radius 2 is 2.24 bits per heavy atom. The molecule has 2 aliphatic heterocycles. The molecule has 7 heteroatoms. The highest BCUT2D eigenvalue weighted by Gasteiger charge is 2.38. The van der Waals surface area contributed by atoms with Gasteiger partial charge >= 0.3 is 6.03 Å². The number of halogens is 1. The van der Waals surface area contributed by atoms with Crippen molar-refractivity contribution in [3.8, 4) is 0 Å². The first kappa shape index (κ1) is 15.8. The Bertz CT molecular complexity index is 814. The summed E-state index contributed by atoms with van der Waals surface area (Å²) >= 11 is 0. The predicted molar refractivity (Wildman–Crippen MR) is 95.1 cm³/mol. The van der Waals surface area contributed by atoms with Crippen LogP contribution in [0.15, 0.2) is 30.5 Å². The molecule has 1 aromatic carbocycles. The zero-order valence-corrected chi connectivity index (χ0v) is 14.0. The number of carbonyl (C=O) groups excluding carboxylic acids is 1. The second-order valence-electron chi connectivity index (χ2n) is 6.53. The minimum atomic E-state index is -0.398. The fraction of sp³-hybridized carbons (Fsp3) is 0.333. The number of nitrogens with zero attached hydrogens (tertiary/aromatic N) is 3. The Morgan fingerprint density at radius 3 is 2.96 bits per heavy atom. The number of hydrogen-bond donors (Lipinski definition) is 2. The summed E-state index contributed by atoms with van der Waals surface area (Å²) in [5.74, 6) is -0.0253. The molecule has 1 saturated heterocycles. The summed E-state index contributed by atoms with van der Waals surface area (Å²) in [4.78, 5) is 20.7. The number of urea groups is 1. The Balaban J connectivity index is 1.84. The van der Waals surface area contributed by atoms with Crippen LogP contribution in [-0.4, -0.2) is 30.1 Å². The van der Waals surface area contributed by atoms with Crippen molar-refractivity contribution >= 4 is 23.2 Å². The average molecular weight is 341 g/mol. The van der Waals surface area contributed by atoms with E-state index in [2.05, 4.69) is 10.3 Å². The number of rotatable bonds is 2. The zero-order chi connectivity index (χ0) is 17.6. The van der Waals surface area contributed by atoms with E-state index < -0.39 is 5.82 Å². The van der Waals surface area contributed by atoms with E-state index in [1.165, 1.54) is 11.0 Å². The van der Waals surface area contributed by atoms with E-state index in [1.807, 2.05) is 13.0 Å². The number of fused-ring (bicyclic) bond motifs is 1. The summed E-state index contributed by atoms with van der Waals surface area (Å²) in [6.45, 7) is 3.64. The number of aromatic nitrogens is 1. The summed E-state index contributed by atoms with van der Waals surface area (Å²) in [6, 6.07) is 6.37. The summed E-state index contributed by atoms with van der Waals surface area (Å²) in [5.41, 5.74) is 8.53. The Hall–Kier alpha value is -2.67. The van der Waals surface area contributed by atoms with Gasteiger partial charge in [-0.15, -0.1) is 0 Å². The van der Waals surface area contributed by atoms with Crippen molar-refractivity contribution in [2.75, 3.05) is 28.6 Å². The van der Waals surface area contributed by atoms with Crippen LogP contribution < -0.4 is 20.9 Å². The van der Waals surface area contributed by atoms with E-state index in [-0.39, 0.29) is 18.6 Å². The topological polar surface area (TPSA) is 74.5 Å². The van der Waals surface area contributed by atoms with Crippen LogP contribution in [-0.2, 0) is 6.54 Å². The van der Waals surface area contributed by atoms with Gasteiger partial charge in [0.1, 0.15) is 11.6 Å². The maximum Gasteiger partial charge on any atom is 0.329 e. The molecule has 2 aliphatic rings. The summed E-state index contributed by atoms with van der Waals surface area (Å²) in [5, 5.41) is 3.28.